The van der Waals surface area contributed by atoms with E-state index >= 15 is 0 Å². The fourth-order valence-electron chi connectivity index (χ4n) is 3.06. The number of aromatic amines is 1. The van der Waals surface area contributed by atoms with E-state index < -0.39 is 5.60 Å². The van der Waals surface area contributed by atoms with Crippen LogP contribution in [0, 0.1) is 6.92 Å². The van der Waals surface area contributed by atoms with Gasteiger partial charge in [0.25, 0.3) is 0 Å². The van der Waals surface area contributed by atoms with E-state index in [4.69, 9.17) is 0 Å². The van der Waals surface area contributed by atoms with Crippen molar-refractivity contribution in [2.45, 2.75) is 32.8 Å². The lowest BCUT2D eigenvalue weighted by Gasteiger charge is -2.21. The summed E-state index contributed by atoms with van der Waals surface area (Å²) < 4.78 is 0. The van der Waals surface area contributed by atoms with Crippen molar-refractivity contribution in [1.29, 1.82) is 0 Å². The molecule has 3 rings (SSSR count). The van der Waals surface area contributed by atoms with Crippen molar-refractivity contribution in [2.24, 2.45) is 4.99 Å². The van der Waals surface area contributed by atoms with Gasteiger partial charge in [-0.3, -0.25) is 0 Å². The Kier molecular flexibility index (Phi) is 6.19. The van der Waals surface area contributed by atoms with E-state index in [2.05, 4.69) is 51.9 Å². The summed E-state index contributed by atoms with van der Waals surface area (Å²) in [5.41, 5.74) is 3.67. The predicted octanol–water partition coefficient (Wildman–Crippen LogP) is 3.54. The molecule has 0 aliphatic rings. The molecule has 27 heavy (non-hydrogen) atoms. The maximum atomic E-state index is 10.6. The summed E-state index contributed by atoms with van der Waals surface area (Å²) in [4.78, 5) is 7.92. The normalized spacial score (nSPS) is 14.3. The van der Waals surface area contributed by atoms with Gasteiger partial charge in [0.15, 0.2) is 5.96 Å². The Labute approximate surface area is 164 Å². The second-order valence-electron chi connectivity index (χ2n) is 7.02. The molecule has 0 radical (unpaired) electrons. The number of nitrogens with zero attached hydrogens (tertiary/aromatic N) is 1. The molecule has 0 aliphatic heterocycles. The van der Waals surface area contributed by atoms with Crippen LogP contribution < -0.4 is 10.6 Å². The summed E-state index contributed by atoms with van der Waals surface area (Å²) in [5.74, 6) is 0.726. The van der Waals surface area contributed by atoms with E-state index in [0.717, 1.165) is 31.0 Å². The van der Waals surface area contributed by atoms with Gasteiger partial charge in [-0.05, 0) is 66.8 Å². The lowest BCUT2D eigenvalue weighted by molar-refractivity contribution is 0.0677. The molecule has 0 bridgehead atoms. The molecule has 0 fully saturated rings. The van der Waals surface area contributed by atoms with E-state index in [1.807, 2.05) is 23.8 Å². The van der Waals surface area contributed by atoms with Gasteiger partial charge in [-0.15, -0.1) is 0 Å². The summed E-state index contributed by atoms with van der Waals surface area (Å²) in [6.45, 7) is 7.80. The fourth-order valence-corrected chi connectivity index (χ4v) is 3.84. The van der Waals surface area contributed by atoms with Gasteiger partial charge < -0.3 is 20.7 Å². The van der Waals surface area contributed by atoms with Crippen LogP contribution in [0.2, 0.25) is 0 Å². The smallest absolute Gasteiger partial charge is 0.191 e. The largest absolute Gasteiger partial charge is 0.383 e. The highest BCUT2D eigenvalue weighted by Gasteiger charge is 2.23. The van der Waals surface area contributed by atoms with Crippen LogP contribution in [0.1, 0.15) is 30.5 Å². The van der Waals surface area contributed by atoms with Crippen LogP contribution in [-0.4, -0.2) is 35.7 Å². The number of aromatic nitrogens is 1. The Morgan fingerprint density at radius 1 is 1.30 bits per heavy atom. The number of rotatable bonds is 7. The number of thiophene rings is 1. The van der Waals surface area contributed by atoms with Crippen molar-refractivity contribution in [3.8, 4) is 0 Å². The SMILES string of the molecule is CCNC(=NCC(C)(O)c1ccsc1)NCCc1c[nH]c2cc(C)ccc12. The second-order valence-corrected chi connectivity index (χ2v) is 7.80. The monoisotopic (exact) mass is 384 g/mol. The summed E-state index contributed by atoms with van der Waals surface area (Å²) >= 11 is 1.58. The maximum Gasteiger partial charge on any atom is 0.191 e. The Hall–Kier alpha value is -2.31. The van der Waals surface area contributed by atoms with Crippen molar-refractivity contribution < 1.29 is 5.11 Å². The van der Waals surface area contributed by atoms with Gasteiger partial charge in [0, 0.05) is 30.2 Å². The van der Waals surface area contributed by atoms with Gasteiger partial charge in [-0.25, -0.2) is 4.99 Å². The molecular weight excluding hydrogens is 356 g/mol. The summed E-state index contributed by atoms with van der Waals surface area (Å²) in [6.07, 6.45) is 2.98. The van der Waals surface area contributed by atoms with Crippen molar-refractivity contribution in [1.82, 2.24) is 15.6 Å². The Balaban J connectivity index is 1.60. The molecule has 2 heterocycles. The minimum Gasteiger partial charge on any atom is -0.383 e. The van der Waals surface area contributed by atoms with Crippen molar-refractivity contribution in [3.05, 3.63) is 57.9 Å². The summed E-state index contributed by atoms with van der Waals surface area (Å²) in [5, 5.41) is 22.5. The zero-order valence-electron chi connectivity index (χ0n) is 16.2. The molecule has 5 nitrogen and oxygen atoms in total. The molecule has 0 aliphatic carbocycles. The number of fused-ring (bicyclic) bond motifs is 1. The second kappa shape index (κ2) is 8.59. The number of guanidine groups is 1. The molecule has 1 unspecified atom stereocenters. The minimum absolute atomic E-state index is 0.311. The van der Waals surface area contributed by atoms with Crippen LogP contribution in [0.3, 0.4) is 0 Å². The first-order chi connectivity index (χ1) is 13.0. The Morgan fingerprint density at radius 3 is 2.89 bits per heavy atom. The van der Waals surface area contributed by atoms with Crippen LogP contribution in [0.4, 0.5) is 0 Å². The van der Waals surface area contributed by atoms with Gasteiger partial charge >= 0.3 is 0 Å². The average Bonchev–Trinajstić information content (AvgIpc) is 3.30. The third kappa shape index (κ3) is 4.90. The lowest BCUT2D eigenvalue weighted by Crippen LogP contribution is -2.39. The van der Waals surface area contributed by atoms with Gasteiger partial charge in [-0.1, -0.05) is 12.1 Å². The van der Waals surface area contributed by atoms with Crippen LogP contribution in [-0.2, 0) is 12.0 Å². The van der Waals surface area contributed by atoms with E-state index in [1.54, 1.807) is 18.3 Å². The van der Waals surface area contributed by atoms with Crippen molar-refractivity contribution in [2.75, 3.05) is 19.6 Å². The number of nitrogens with one attached hydrogen (secondary N) is 3. The van der Waals surface area contributed by atoms with Crippen molar-refractivity contribution >= 4 is 28.2 Å². The molecule has 0 saturated heterocycles. The summed E-state index contributed by atoms with van der Waals surface area (Å²) in [6, 6.07) is 8.43. The zero-order valence-corrected chi connectivity index (χ0v) is 17.0. The highest BCUT2D eigenvalue weighted by atomic mass is 32.1. The van der Waals surface area contributed by atoms with Gasteiger partial charge in [0.2, 0.25) is 0 Å². The van der Waals surface area contributed by atoms with Crippen LogP contribution >= 0.6 is 11.3 Å². The van der Waals surface area contributed by atoms with E-state index in [9.17, 15) is 5.11 Å². The molecule has 1 atom stereocenters. The quantitative estimate of drug-likeness (QED) is 0.372. The Morgan fingerprint density at radius 2 is 2.15 bits per heavy atom. The first-order valence-corrected chi connectivity index (χ1v) is 10.3. The molecule has 0 spiro atoms. The number of aliphatic hydroxyl groups is 1. The first kappa shape index (κ1) is 19.5. The maximum absolute atomic E-state index is 10.6. The highest BCUT2D eigenvalue weighted by Crippen LogP contribution is 2.23. The third-order valence-corrected chi connectivity index (χ3v) is 5.33. The third-order valence-electron chi connectivity index (χ3n) is 4.64. The molecule has 1 aromatic carbocycles. The number of aliphatic imine (C=N–C) groups is 1. The average molecular weight is 385 g/mol. The van der Waals surface area contributed by atoms with Gasteiger partial charge in [0.05, 0.1) is 6.54 Å². The molecule has 0 saturated carbocycles. The van der Waals surface area contributed by atoms with Gasteiger partial charge in [-0.2, -0.15) is 11.3 Å². The molecule has 3 aromatic rings. The number of hydrogen-bond acceptors (Lipinski definition) is 3. The van der Waals surface area contributed by atoms with E-state index in [0.29, 0.717) is 6.54 Å². The zero-order chi connectivity index (χ0) is 19.3. The van der Waals surface area contributed by atoms with E-state index in [-0.39, 0.29) is 0 Å². The highest BCUT2D eigenvalue weighted by molar-refractivity contribution is 7.08. The van der Waals surface area contributed by atoms with E-state index in [1.165, 1.54) is 22.0 Å². The van der Waals surface area contributed by atoms with Crippen LogP contribution in [0.15, 0.2) is 46.2 Å². The summed E-state index contributed by atoms with van der Waals surface area (Å²) in [7, 11) is 0. The first-order valence-electron chi connectivity index (χ1n) is 9.33. The van der Waals surface area contributed by atoms with Crippen molar-refractivity contribution in [3.63, 3.8) is 0 Å². The number of hydrogen-bond donors (Lipinski definition) is 4. The lowest BCUT2D eigenvalue weighted by atomic mass is 10.00. The predicted molar refractivity (Wildman–Crippen MR) is 115 cm³/mol. The minimum atomic E-state index is -0.961. The molecule has 4 N–H and O–H groups in total. The van der Waals surface area contributed by atoms with Gasteiger partial charge in [0.1, 0.15) is 5.60 Å². The Bertz CT molecular complexity index is 896. The molecule has 0 amide bonds. The standard InChI is InChI=1S/C21H28N4OS/c1-4-22-20(25-14-21(3,26)17-8-10-27-13-17)23-9-7-16-12-24-19-11-15(2)5-6-18(16)19/h5-6,8,10-13,24,26H,4,7,9,14H2,1-3H3,(H2,22,23,25). The van der Waals surface area contributed by atoms with Crippen LogP contribution in [0.5, 0.6) is 0 Å². The molecule has 2 aromatic heterocycles. The number of H-pyrrole nitrogens is 1. The number of benzene rings is 1. The number of aryl methyl sites for hydroxylation is 1. The molecule has 6 heteroatoms. The molecular formula is C21H28N4OS. The van der Waals surface area contributed by atoms with Crippen LogP contribution in [0.25, 0.3) is 10.9 Å². The topological polar surface area (TPSA) is 72.4 Å². The molecule has 144 valence electrons. The fraction of sp³-hybridized carbons (Fsp3) is 0.381.